The van der Waals surface area contributed by atoms with Crippen molar-refractivity contribution in [1.29, 1.82) is 0 Å². The minimum Gasteiger partial charge on any atom is -0.346 e. The first-order chi connectivity index (χ1) is 8.63. The van der Waals surface area contributed by atoms with Gasteiger partial charge in [0.15, 0.2) is 0 Å². The molecule has 1 saturated heterocycles. The van der Waals surface area contributed by atoms with Gasteiger partial charge in [0.2, 0.25) is 11.8 Å². The predicted octanol–water partition coefficient (Wildman–Crippen LogP) is 0.457. The summed E-state index contributed by atoms with van der Waals surface area (Å²) in [5, 5.41) is 2.69. The Morgan fingerprint density at radius 2 is 1.94 bits per heavy atom. The van der Waals surface area contributed by atoms with Gasteiger partial charge in [0, 0.05) is 13.1 Å². The highest BCUT2D eigenvalue weighted by Gasteiger charge is 2.18. The number of rotatable bonds is 7. The molecule has 0 saturated carbocycles. The second-order valence-corrected chi connectivity index (χ2v) is 4.96. The third-order valence-corrected chi connectivity index (χ3v) is 3.20. The van der Waals surface area contributed by atoms with Gasteiger partial charge in [-0.05, 0) is 32.9 Å². The fourth-order valence-electron chi connectivity index (χ4n) is 2.06. The molecule has 1 rings (SSSR count). The lowest BCUT2D eigenvalue weighted by atomic mass is 10.3. The third kappa shape index (κ3) is 5.49. The van der Waals surface area contributed by atoms with Crippen molar-refractivity contribution in [3.8, 4) is 0 Å². The Bertz CT molecular complexity index is 275. The maximum absolute atomic E-state index is 11.7. The average molecular weight is 255 g/mol. The molecule has 0 aromatic rings. The number of hydrogen-bond acceptors (Lipinski definition) is 3. The molecular formula is C13H25N3O2. The first-order valence-corrected chi connectivity index (χ1v) is 6.86. The van der Waals surface area contributed by atoms with Crippen LogP contribution in [0.3, 0.4) is 0 Å². The lowest BCUT2D eigenvalue weighted by molar-refractivity contribution is -0.132. The highest BCUT2D eigenvalue weighted by atomic mass is 16.2. The van der Waals surface area contributed by atoms with Crippen molar-refractivity contribution in [2.24, 2.45) is 0 Å². The fourth-order valence-corrected chi connectivity index (χ4v) is 2.06. The summed E-state index contributed by atoms with van der Waals surface area (Å²) in [5.41, 5.74) is 0. The topological polar surface area (TPSA) is 52.7 Å². The minimum atomic E-state index is -0.0684. The Hall–Kier alpha value is -1.10. The summed E-state index contributed by atoms with van der Waals surface area (Å²) in [6.45, 7) is 5.23. The summed E-state index contributed by atoms with van der Waals surface area (Å²) < 4.78 is 0. The number of likely N-dealkylation sites (tertiary alicyclic amines) is 1. The van der Waals surface area contributed by atoms with Crippen LogP contribution in [0.25, 0.3) is 0 Å². The molecule has 5 nitrogen and oxygen atoms in total. The Kier molecular flexibility index (Phi) is 6.72. The van der Waals surface area contributed by atoms with Crippen LogP contribution < -0.4 is 5.32 Å². The number of hydrogen-bond donors (Lipinski definition) is 1. The van der Waals surface area contributed by atoms with Gasteiger partial charge in [-0.15, -0.1) is 0 Å². The van der Waals surface area contributed by atoms with Crippen LogP contribution in [-0.2, 0) is 9.59 Å². The number of unbranched alkanes of at least 4 members (excludes halogenated alkanes) is 1. The van der Waals surface area contributed by atoms with Crippen LogP contribution >= 0.6 is 0 Å². The lowest BCUT2D eigenvalue weighted by Gasteiger charge is -2.18. The largest absolute Gasteiger partial charge is 0.346 e. The van der Waals surface area contributed by atoms with Crippen LogP contribution in [0.15, 0.2) is 0 Å². The normalized spacial score (nSPS) is 15.2. The summed E-state index contributed by atoms with van der Waals surface area (Å²) in [6.07, 6.45) is 4.38. The maximum atomic E-state index is 11.7. The van der Waals surface area contributed by atoms with E-state index in [9.17, 15) is 9.59 Å². The van der Waals surface area contributed by atoms with Crippen LogP contribution in [0.4, 0.5) is 0 Å². The van der Waals surface area contributed by atoms with Gasteiger partial charge in [0.1, 0.15) is 0 Å². The molecule has 5 heteroatoms. The number of carbonyl (C=O) groups excluding carboxylic acids is 2. The molecule has 1 N–H and O–H groups in total. The summed E-state index contributed by atoms with van der Waals surface area (Å²) in [6, 6.07) is 0. The zero-order valence-corrected chi connectivity index (χ0v) is 11.6. The molecule has 0 unspecified atom stereocenters. The van der Waals surface area contributed by atoms with Crippen molar-refractivity contribution in [1.82, 2.24) is 15.1 Å². The summed E-state index contributed by atoms with van der Waals surface area (Å²) in [7, 11) is 1.93. The predicted molar refractivity (Wildman–Crippen MR) is 71.2 cm³/mol. The van der Waals surface area contributed by atoms with Crippen LogP contribution in [0.1, 0.15) is 32.6 Å². The molecule has 0 spiro atoms. The maximum Gasteiger partial charge on any atom is 0.241 e. The van der Waals surface area contributed by atoms with E-state index < -0.39 is 0 Å². The number of carbonyl (C=O) groups is 2. The summed E-state index contributed by atoms with van der Waals surface area (Å²) >= 11 is 0. The minimum absolute atomic E-state index is 0.0389. The standard InChI is InChI=1S/C13H25N3O2/c1-3-4-7-15(2)11-12(17)14-10-13(18)16-8-5-6-9-16/h3-11H2,1-2H3,(H,14,17). The van der Waals surface area contributed by atoms with Gasteiger partial charge >= 0.3 is 0 Å². The van der Waals surface area contributed by atoms with Gasteiger partial charge < -0.3 is 10.2 Å². The van der Waals surface area contributed by atoms with E-state index >= 15 is 0 Å². The van der Waals surface area contributed by atoms with Crippen molar-refractivity contribution < 1.29 is 9.59 Å². The smallest absolute Gasteiger partial charge is 0.241 e. The van der Waals surface area contributed by atoms with Crippen LogP contribution in [-0.4, -0.2) is 61.4 Å². The second kappa shape index (κ2) is 8.08. The highest BCUT2D eigenvalue weighted by Crippen LogP contribution is 2.06. The second-order valence-electron chi connectivity index (χ2n) is 4.96. The number of amides is 2. The molecule has 1 fully saturated rings. The molecule has 2 amide bonds. The van der Waals surface area contributed by atoms with E-state index in [1.54, 1.807) is 0 Å². The van der Waals surface area contributed by atoms with E-state index in [4.69, 9.17) is 0 Å². The molecule has 1 aliphatic rings. The van der Waals surface area contributed by atoms with Crippen LogP contribution in [0.5, 0.6) is 0 Å². The zero-order chi connectivity index (χ0) is 13.4. The van der Waals surface area contributed by atoms with Crippen molar-refractivity contribution in [2.75, 3.05) is 39.8 Å². The van der Waals surface area contributed by atoms with Gasteiger partial charge in [-0.3, -0.25) is 14.5 Å². The molecule has 0 bridgehead atoms. The van der Waals surface area contributed by atoms with Crippen molar-refractivity contribution >= 4 is 11.8 Å². The van der Waals surface area contributed by atoms with E-state index in [-0.39, 0.29) is 18.4 Å². The van der Waals surface area contributed by atoms with Gasteiger partial charge in [-0.1, -0.05) is 13.3 Å². The average Bonchev–Trinajstić information content (AvgIpc) is 2.87. The molecule has 0 radical (unpaired) electrons. The molecule has 1 aliphatic heterocycles. The molecule has 0 aromatic heterocycles. The number of nitrogens with zero attached hydrogens (tertiary/aromatic N) is 2. The van der Waals surface area contributed by atoms with Crippen LogP contribution in [0.2, 0.25) is 0 Å². The molecular weight excluding hydrogens is 230 g/mol. The van der Waals surface area contributed by atoms with Gasteiger partial charge in [0.25, 0.3) is 0 Å². The molecule has 0 atom stereocenters. The zero-order valence-electron chi connectivity index (χ0n) is 11.6. The quantitative estimate of drug-likeness (QED) is 0.719. The van der Waals surface area contributed by atoms with Crippen molar-refractivity contribution in [3.63, 3.8) is 0 Å². The highest BCUT2D eigenvalue weighted by molar-refractivity contribution is 5.85. The Balaban J connectivity index is 2.14. The van der Waals surface area contributed by atoms with E-state index in [2.05, 4.69) is 12.2 Å². The number of nitrogens with one attached hydrogen (secondary N) is 1. The Morgan fingerprint density at radius 3 is 2.56 bits per heavy atom. The van der Waals surface area contributed by atoms with E-state index in [1.165, 1.54) is 0 Å². The van der Waals surface area contributed by atoms with E-state index in [1.807, 2.05) is 16.8 Å². The summed E-state index contributed by atoms with van der Waals surface area (Å²) in [4.78, 5) is 27.1. The monoisotopic (exact) mass is 255 g/mol. The lowest BCUT2D eigenvalue weighted by Crippen LogP contribution is -2.42. The van der Waals surface area contributed by atoms with Crippen molar-refractivity contribution in [2.45, 2.75) is 32.6 Å². The first kappa shape index (κ1) is 15.0. The van der Waals surface area contributed by atoms with E-state index in [0.29, 0.717) is 6.54 Å². The SMILES string of the molecule is CCCCN(C)CC(=O)NCC(=O)N1CCCC1. The number of likely N-dealkylation sites (N-methyl/N-ethyl adjacent to an activating group) is 1. The molecule has 0 aromatic carbocycles. The third-order valence-electron chi connectivity index (χ3n) is 3.20. The van der Waals surface area contributed by atoms with E-state index in [0.717, 1.165) is 45.3 Å². The summed E-state index contributed by atoms with van der Waals surface area (Å²) in [5.74, 6) is -0.0294. The van der Waals surface area contributed by atoms with Crippen molar-refractivity contribution in [3.05, 3.63) is 0 Å². The first-order valence-electron chi connectivity index (χ1n) is 6.86. The van der Waals surface area contributed by atoms with Crippen LogP contribution in [0, 0.1) is 0 Å². The molecule has 0 aliphatic carbocycles. The molecule has 104 valence electrons. The Morgan fingerprint density at radius 1 is 1.28 bits per heavy atom. The van der Waals surface area contributed by atoms with Gasteiger partial charge in [-0.25, -0.2) is 0 Å². The molecule has 1 heterocycles. The van der Waals surface area contributed by atoms with Gasteiger partial charge in [0.05, 0.1) is 13.1 Å². The molecule has 18 heavy (non-hydrogen) atoms. The Labute approximate surface area is 110 Å². The fraction of sp³-hybridized carbons (Fsp3) is 0.846. The van der Waals surface area contributed by atoms with Gasteiger partial charge in [-0.2, -0.15) is 0 Å².